The molecule has 1 heterocycles. The molecule has 2 amide bonds. The number of carbonyl (C=O) groups is 2. The molecule has 0 saturated heterocycles. The monoisotopic (exact) mass is 266 g/mol. The highest BCUT2D eigenvalue weighted by Crippen LogP contribution is 2.31. The maximum absolute atomic E-state index is 13.3. The van der Waals surface area contributed by atoms with Gasteiger partial charge in [-0.15, -0.1) is 0 Å². The lowest BCUT2D eigenvalue weighted by atomic mass is 10.2. The molecule has 2 rings (SSSR count). The Morgan fingerprint density at radius 2 is 2.11 bits per heavy atom. The van der Waals surface area contributed by atoms with E-state index in [4.69, 9.17) is 4.74 Å². The highest BCUT2D eigenvalue weighted by molar-refractivity contribution is 6.08. The summed E-state index contributed by atoms with van der Waals surface area (Å²) in [5.74, 6) is -0.826. The Morgan fingerprint density at radius 3 is 2.74 bits per heavy atom. The van der Waals surface area contributed by atoms with Gasteiger partial charge < -0.3 is 10.1 Å². The molecule has 0 saturated carbocycles. The van der Waals surface area contributed by atoms with Gasteiger partial charge in [0.2, 0.25) is 5.91 Å². The van der Waals surface area contributed by atoms with Gasteiger partial charge in [0.15, 0.2) is 0 Å². The lowest BCUT2D eigenvalue weighted by Gasteiger charge is -2.31. The van der Waals surface area contributed by atoms with Gasteiger partial charge in [-0.05, 0) is 39.0 Å². The first kappa shape index (κ1) is 13.3. The van der Waals surface area contributed by atoms with Crippen LogP contribution in [0.25, 0.3) is 0 Å². The highest BCUT2D eigenvalue weighted by atomic mass is 19.1. The number of anilines is 2. The quantitative estimate of drug-likeness (QED) is 0.785. The Bertz CT molecular complexity index is 537. The van der Waals surface area contributed by atoms with Crippen molar-refractivity contribution in [3.8, 4) is 0 Å². The van der Waals surface area contributed by atoms with Gasteiger partial charge in [0, 0.05) is 0 Å². The number of nitrogens with one attached hydrogen (secondary N) is 1. The van der Waals surface area contributed by atoms with Gasteiger partial charge in [-0.25, -0.2) is 9.18 Å². The summed E-state index contributed by atoms with van der Waals surface area (Å²) in [7, 11) is 0. The van der Waals surface area contributed by atoms with E-state index in [1.54, 1.807) is 20.8 Å². The molecule has 1 aromatic rings. The van der Waals surface area contributed by atoms with Crippen LogP contribution in [-0.2, 0) is 9.53 Å². The van der Waals surface area contributed by atoms with Crippen molar-refractivity contribution < 1.29 is 18.7 Å². The summed E-state index contributed by atoms with van der Waals surface area (Å²) in [6.45, 7) is 4.98. The molecule has 19 heavy (non-hydrogen) atoms. The van der Waals surface area contributed by atoms with Crippen LogP contribution < -0.4 is 10.2 Å². The minimum atomic E-state index is -0.682. The first-order valence-electron chi connectivity index (χ1n) is 5.86. The lowest BCUT2D eigenvalue weighted by Crippen LogP contribution is -2.44. The summed E-state index contributed by atoms with van der Waals surface area (Å²) in [5.41, 5.74) is 0.00995. The van der Waals surface area contributed by atoms with Crippen molar-refractivity contribution in [1.29, 1.82) is 0 Å². The number of nitrogens with zero attached hydrogens (tertiary/aromatic N) is 1. The highest BCUT2D eigenvalue weighted by Gasteiger charge is 2.30. The number of halogens is 1. The van der Waals surface area contributed by atoms with Crippen LogP contribution in [0.4, 0.5) is 20.6 Å². The van der Waals surface area contributed by atoms with E-state index >= 15 is 0 Å². The number of fused-ring (bicyclic) bond motifs is 1. The van der Waals surface area contributed by atoms with Gasteiger partial charge in [-0.2, -0.15) is 0 Å². The smallest absolute Gasteiger partial charge is 0.415 e. The van der Waals surface area contributed by atoms with Crippen LogP contribution in [0.1, 0.15) is 20.8 Å². The lowest BCUT2D eigenvalue weighted by molar-refractivity contribution is -0.115. The van der Waals surface area contributed by atoms with Crippen molar-refractivity contribution in [2.24, 2.45) is 0 Å². The van der Waals surface area contributed by atoms with Crippen molar-refractivity contribution in [2.75, 3.05) is 16.8 Å². The van der Waals surface area contributed by atoms with Crippen LogP contribution in [-0.4, -0.2) is 24.1 Å². The molecule has 0 spiro atoms. The Labute approximate surface area is 110 Å². The minimum absolute atomic E-state index is 0.189. The van der Waals surface area contributed by atoms with E-state index in [2.05, 4.69) is 5.32 Å². The van der Waals surface area contributed by atoms with E-state index in [0.29, 0.717) is 11.4 Å². The zero-order chi connectivity index (χ0) is 14.2. The van der Waals surface area contributed by atoms with Crippen molar-refractivity contribution in [3.05, 3.63) is 24.0 Å². The van der Waals surface area contributed by atoms with Crippen LogP contribution in [0.15, 0.2) is 18.2 Å². The molecule has 1 aliphatic rings. The average Bonchev–Trinajstić information content (AvgIpc) is 2.26. The number of rotatable bonds is 0. The number of ether oxygens (including phenoxy) is 1. The van der Waals surface area contributed by atoms with Crippen LogP contribution in [0.5, 0.6) is 0 Å². The summed E-state index contributed by atoms with van der Waals surface area (Å²) >= 11 is 0. The predicted molar refractivity (Wildman–Crippen MR) is 68.6 cm³/mol. The predicted octanol–water partition coefficient (Wildman–Crippen LogP) is 2.52. The topological polar surface area (TPSA) is 58.6 Å². The molecule has 0 aliphatic carbocycles. The standard InChI is InChI=1S/C13H15FN2O3/c1-13(2,3)19-12(18)16-7-11(17)15-9-5-4-8(14)6-10(9)16/h4-6H,7H2,1-3H3,(H,15,17). The van der Waals surface area contributed by atoms with Crippen molar-refractivity contribution in [3.63, 3.8) is 0 Å². The second-order valence-electron chi connectivity index (χ2n) is 5.28. The Kier molecular flexibility index (Phi) is 3.18. The van der Waals surface area contributed by atoms with Crippen LogP contribution in [0.3, 0.4) is 0 Å². The molecule has 1 aromatic carbocycles. The van der Waals surface area contributed by atoms with E-state index in [-0.39, 0.29) is 12.5 Å². The van der Waals surface area contributed by atoms with Crippen LogP contribution in [0.2, 0.25) is 0 Å². The van der Waals surface area contributed by atoms with Crippen molar-refractivity contribution >= 4 is 23.4 Å². The number of hydrogen-bond acceptors (Lipinski definition) is 3. The Morgan fingerprint density at radius 1 is 1.42 bits per heavy atom. The normalized spacial score (nSPS) is 14.7. The summed E-state index contributed by atoms with van der Waals surface area (Å²) in [5, 5.41) is 2.58. The van der Waals surface area contributed by atoms with E-state index in [9.17, 15) is 14.0 Å². The molecule has 6 heteroatoms. The van der Waals surface area contributed by atoms with Gasteiger partial charge in [0.05, 0.1) is 11.4 Å². The largest absolute Gasteiger partial charge is 0.443 e. The van der Waals surface area contributed by atoms with Gasteiger partial charge in [0.25, 0.3) is 0 Å². The maximum Gasteiger partial charge on any atom is 0.415 e. The zero-order valence-electron chi connectivity index (χ0n) is 11.0. The summed E-state index contributed by atoms with van der Waals surface area (Å²) in [6, 6.07) is 3.83. The first-order chi connectivity index (χ1) is 8.76. The molecule has 0 radical (unpaired) electrons. The molecule has 0 unspecified atom stereocenters. The third-order valence-electron chi connectivity index (χ3n) is 2.44. The molecule has 1 N–H and O–H groups in total. The van der Waals surface area contributed by atoms with Crippen molar-refractivity contribution in [2.45, 2.75) is 26.4 Å². The molecule has 1 aliphatic heterocycles. The number of amides is 2. The third-order valence-corrected chi connectivity index (χ3v) is 2.44. The van der Waals surface area contributed by atoms with E-state index in [0.717, 1.165) is 4.90 Å². The fraction of sp³-hybridized carbons (Fsp3) is 0.385. The SMILES string of the molecule is CC(C)(C)OC(=O)N1CC(=O)Nc2ccc(F)cc21. The fourth-order valence-corrected chi connectivity index (χ4v) is 1.73. The molecule has 5 nitrogen and oxygen atoms in total. The van der Waals surface area contributed by atoms with Gasteiger partial charge in [0.1, 0.15) is 18.0 Å². The average molecular weight is 266 g/mol. The van der Waals surface area contributed by atoms with Gasteiger partial charge >= 0.3 is 6.09 Å². The van der Waals surface area contributed by atoms with Gasteiger partial charge in [-0.3, -0.25) is 9.69 Å². The molecule has 102 valence electrons. The Hall–Kier alpha value is -2.11. The third kappa shape index (κ3) is 3.01. The second-order valence-corrected chi connectivity index (χ2v) is 5.28. The van der Waals surface area contributed by atoms with E-state index in [1.807, 2.05) is 0 Å². The number of carbonyl (C=O) groups excluding carboxylic acids is 2. The second kappa shape index (κ2) is 4.53. The molecule has 0 fully saturated rings. The number of benzene rings is 1. The zero-order valence-corrected chi connectivity index (χ0v) is 11.0. The fourth-order valence-electron chi connectivity index (χ4n) is 1.73. The van der Waals surface area contributed by atoms with Crippen LogP contribution >= 0.6 is 0 Å². The molecule has 0 aromatic heterocycles. The number of hydrogen-bond donors (Lipinski definition) is 1. The maximum atomic E-state index is 13.3. The van der Waals surface area contributed by atoms with E-state index < -0.39 is 17.5 Å². The summed E-state index contributed by atoms with van der Waals surface area (Å²) < 4.78 is 18.5. The minimum Gasteiger partial charge on any atom is -0.443 e. The molecular formula is C13H15FN2O3. The summed E-state index contributed by atoms with van der Waals surface area (Å²) in [6.07, 6.45) is -0.672. The van der Waals surface area contributed by atoms with Gasteiger partial charge in [-0.1, -0.05) is 0 Å². The summed E-state index contributed by atoms with van der Waals surface area (Å²) in [4.78, 5) is 24.7. The molecule has 0 bridgehead atoms. The Balaban J connectivity index is 2.34. The van der Waals surface area contributed by atoms with Crippen molar-refractivity contribution in [1.82, 2.24) is 0 Å². The molecular weight excluding hydrogens is 251 g/mol. The van der Waals surface area contributed by atoms with Crippen LogP contribution in [0, 0.1) is 5.82 Å². The first-order valence-corrected chi connectivity index (χ1v) is 5.86. The van der Waals surface area contributed by atoms with E-state index in [1.165, 1.54) is 18.2 Å². The molecule has 0 atom stereocenters.